The summed E-state index contributed by atoms with van der Waals surface area (Å²) >= 11 is 0. The summed E-state index contributed by atoms with van der Waals surface area (Å²) in [5.41, 5.74) is 29.0. The van der Waals surface area contributed by atoms with Crippen LogP contribution in [-0.4, -0.2) is 31.7 Å². The van der Waals surface area contributed by atoms with Gasteiger partial charge in [-0.2, -0.15) is 0 Å². The number of aromatic nitrogens is 4. The molecular formula is C97H58B2N4O2. The van der Waals surface area contributed by atoms with Crippen molar-refractivity contribution in [1.29, 1.82) is 0 Å². The average molecular weight is 1330 g/mol. The van der Waals surface area contributed by atoms with Crippen LogP contribution in [0.3, 0.4) is 0 Å². The summed E-state index contributed by atoms with van der Waals surface area (Å²) in [7, 11) is 0. The fourth-order valence-corrected chi connectivity index (χ4v) is 19.8. The molecule has 6 nitrogen and oxygen atoms in total. The maximum atomic E-state index is 7.70. The Kier molecular flexibility index (Phi) is 11.6. The summed E-state index contributed by atoms with van der Waals surface area (Å²) in [6.45, 7) is -0.198. The van der Waals surface area contributed by atoms with Gasteiger partial charge in [-0.1, -0.05) is 266 Å². The first-order chi connectivity index (χ1) is 52.2. The minimum Gasteiger partial charge on any atom is -0.458 e. The van der Waals surface area contributed by atoms with Gasteiger partial charge in [0.2, 0.25) is 0 Å². The Hall–Kier alpha value is -13.6. The molecule has 20 aromatic rings. The molecule has 24 rings (SSSR count). The quantitative estimate of drug-likeness (QED) is 0.156. The molecule has 6 heterocycles. The SMILES string of the molecule is c1ccc(B2c3ccccc3Oc3c2ccc2c3-c3cc(-n4c5ccccc5c5c4ccc4c6ccccc6n(-c6ccccc6)c45)ccc3C23c2ccc(-n4c5ccccc5c5c4ccc4c6ccccc6n(-c6ccccc6)c45)cc2-c2c3ccc3c2Oc2ccccc2B3c2ccccc2)cc1. The molecule has 2 aliphatic heterocycles. The molecule has 484 valence electrons. The van der Waals surface area contributed by atoms with Crippen molar-refractivity contribution in [3.05, 3.63) is 374 Å². The highest BCUT2D eigenvalue weighted by Gasteiger charge is 2.56. The molecule has 0 bridgehead atoms. The van der Waals surface area contributed by atoms with Gasteiger partial charge in [0.25, 0.3) is 13.4 Å². The van der Waals surface area contributed by atoms with Crippen LogP contribution < -0.4 is 42.3 Å². The van der Waals surface area contributed by atoms with E-state index < -0.39 is 5.41 Å². The lowest BCUT2D eigenvalue weighted by Gasteiger charge is -2.33. The highest BCUT2D eigenvalue weighted by molar-refractivity contribution is 6.97. The maximum Gasteiger partial charge on any atom is 0.250 e. The number of fused-ring (bicyclic) bond motifs is 30. The predicted octanol–water partition coefficient (Wildman–Crippen LogP) is 19.7. The van der Waals surface area contributed by atoms with Crippen molar-refractivity contribution in [2.24, 2.45) is 0 Å². The molecule has 0 amide bonds. The number of benzene rings is 16. The predicted molar refractivity (Wildman–Crippen MR) is 435 cm³/mol. The van der Waals surface area contributed by atoms with E-state index in [-0.39, 0.29) is 13.4 Å². The maximum absolute atomic E-state index is 7.70. The Bertz CT molecular complexity index is 6740. The molecule has 0 N–H and O–H groups in total. The molecule has 0 atom stereocenters. The monoisotopic (exact) mass is 1330 g/mol. The highest BCUT2D eigenvalue weighted by Crippen LogP contribution is 2.67. The van der Waals surface area contributed by atoms with Crippen LogP contribution in [0.25, 0.3) is 132 Å². The van der Waals surface area contributed by atoms with Crippen molar-refractivity contribution in [3.8, 4) is 68.0 Å². The Morgan fingerprint density at radius 1 is 0.238 bits per heavy atom. The number of hydrogen-bond donors (Lipinski definition) is 0. The number of hydrogen-bond acceptors (Lipinski definition) is 2. The van der Waals surface area contributed by atoms with Crippen LogP contribution in [0, 0.1) is 0 Å². The summed E-state index contributed by atoms with van der Waals surface area (Å²) in [5, 5.41) is 9.71. The number of nitrogens with zero attached hydrogens (tertiary/aromatic N) is 4. The normalized spacial score (nSPS) is 13.5. The lowest BCUT2D eigenvalue weighted by molar-refractivity contribution is 0.488. The van der Waals surface area contributed by atoms with E-state index in [1.165, 1.54) is 98.3 Å². The van der Waals surface area contributed by atoms with Crippen LogP contribution in [0.5, 0.6) is 23.0 Å². The van der Waals surface area contributed by atoms with E-state index in [1.807, 2.05) is 0 Å². The lowest BCUT2D eigenvalue weighted by Crippen LogP contribution is -2.55. The Labute approximate surface area is 604 Å². The molecule has 0 saturated heterocycles. The first-order valence-corrected chi connectivity index (χ1v) is 36.5. The summed E-state index contributed by atoms with van der Waals surface area (Å²) in [6, 6.07) is 131. The number of ether oxygens (including phenoxy) is 2. The van der Waals surface area contributed by atoms with E-state index >= 15 is 0 Å². The van der Waals surface area contributed by atoms with Crippen LogP contribution in [0.15, 0.2) is 352 Å². The van der Waals surface area contributed by atoms with Gasteiger partial charge in [0.15, 0.2) is 0 Å². The molecule has 0 unspecified atom stereocenters. The van der Waals surface area contributed by atoms with Gasteiger partial charge in [0.1, 0.15) is 23.0 Å². The lowest BCUT2D eigenvalue weighted by atomic mass is 9.35. The van der Waals surface area contributed by atoms with E-state index in [9.17, 15) is 0 Å². The van der Waals surface area contributed by atoms with E-state index in [0.29, 0.717) is 0 Å². The van der Waals surface area contributed by atoms with Crippen molar-refractivity contribution in [1.82, 2.24) is 18.3 Å². The highest BCUT2D eigenvalue weighted by atomic mass is 16.5. The Balaban J connectivity index is 0.815. The van der Waals surface area contributed by atoms with Gasteiger partial charge in [-0.05, 0) is 152 Å². The minimum absolute atomic E-state index is 0.0988. The van der Waals surface area contributed by atoms with Gasteiger partial charge in [-0.25, -0.2) is 0 Å². The van der Waals surface area contributed by atoms with Gasteiger partial charge in [0, 0.05) is 77.0 Å². The van der Waals surface area contributed by atoms with Crippen molar-refractivity contribution in [2.45, 2.75) is 5.41 Å². The van der Waals surface area contributed by atoms with Gasteiger partial charge < -0.3 is 27.7 Å². The van der Waals surface area contributed by atoms with Gasteiger partial charge in [-0.3, -0.25) is 0 Å². The summed E-state index contributed by atoms with van der Waals surface area (Å²) in [4.78, 5) is 0. The molecule has 4 aliphatic rings. The van der Waals surface area contributed by atoms with Crippen molar-refractivity contribution < 1.29 is 9.47 Å². The van der Waals surface area contributed by atoms with Gasteiger partial charge in [-0.15, -0.1) is 0 Å². The largest absolute Gasteiger partial charge is 0.458 e. The Morgan fingerprint density at radius 2 is 0.590 bits per heavy atom. The first-order valence-electron chi connectivity index (χ1n) is 36.5. The van der Waals surface area contributed by atoms with Crippen molar-refractivity contribution in [2.75, 3.05) is 0 Å². The van der Waals surface area contributed by atoms with Crippen molar-refractivity contribution >= 4 is 133 Å². The summed E-state index contributed by atoms with van der Waals surface area (Å²) < 4.78 is 25.4. The van der Waals surface area contributed by atoms with Crippen LogP contribution in [0.4, 0.5) is 0 Å². The van der Waals surface area contributed by atoms with Crippen LogP contribution >= 0.6 is 0 Å². The topological polar surface area (TPSA) is 38.2 Å². The molecule has 4 aromatic heterocycles. The van der Waals surface area contributed by atoms with Crippen LogP contribution in [0.1, 0.15) is 22.3 Å². The minimum atomic E-state index is -0.880. The van der Waals surface area contributed by atoms with Gasteiger partial charge >= 0.3 is 0 Å². The second-order valence-corrected chi connectivity index (χ2v) is 28.8. The molecule has 8 heteroatoms. The van der Waals surface area contributed by atoms with E-state index in [4.69, 9.17) is 9.47 Å². The Morgan fingerprint density at radius 3 is 1.02 bits per heavy atom. The van der Waals surface area contributed by atoms with E-state index in [0.717, 1.165) is 112 Å². The summed E-state index contributed by atoms with van der Waals surface area (Å²) in [6.07, 6.45) is 0. The number of para-hydroxylation sites is 8. The second-order valence-electron chi connectivity index (χ2n) is 28.8. The number of rotatable bonds is 6. The zero-order valence-corrected chi connectivity index (χ0v) is 56.7. The van der Waals surface area contributed by atoms with Crippen LogP contribution in [0.2, 0.25) is 0 Å². The smallest absolute Gasteiger partial charge is 0.250 e. The zero-order valence-electron chi connectivity index (χ0n) is 56.7. The fourth-order valence-electron chi connectivity index (χ4n) is 19.8. The average Bonchev–Trinajstić information content (AvgIpc) is 1.65. The second kappa shape index (κ2) is 21.3. The first kappa shape index (κ1) is 57.1. The third-order valence-electron chi connectivity index (χ3n) is 23.8. The molecule has 0 radical (unpaired) electrons. The standard InChI is InChI=1S/C97H58B2N4O2/c1-5-25-59(26-6-1)98-77-37-17-23-43-87(77)104-95-79(98)53-51-75-89(95)71-57-63(100-83-41-21-15-35-69(83)91-85(100)55-47-67-65-33-13-19-39-81(65)102(93(67)91)61-29-9-3-10-30-61)45-49-73(71)97(75)74-50-46-64(58-72(74)90-76(97)52-54-80-96(90)105-88-44-24-18-38-78(88)99(80)60-27-7-2-8-28-60)101-84-42-22-16-36-70(84)92-86(101)56-48-68-66-34-14-20-40-82(66)103(94(68)92)62-31-11-4-12-32-62/h1-58H. The summed E-state index contributed by atoms with van der Waals surface area (Å²) in [5.74, 6) is 3.50. The van der Waals surface area contributed by atoms with E-state index in [2.05, 4.69) is 370 Å². The fraction of sp³-hybridized carbons (Fsp3) is 0.0103. The third-order valence-corrected chi connectivity index (χ3v) is 23.8. The molecule has 0 saturated carbocycles. The van der Waals surface area contributed by atoms with Crippen LogP contribution in [-0.2, 0) is 5.41 Å². The molecule has 105 heavy (non-hydrogen) atoms. The molecule has 2 aliphatic carbocycles. The van der Waals surface area contributed by atoms with Gasteiger partial charge in [0.05, 0.1) is 49.5 Å². The molecule has 1 spiro atoms. The van der Waals surface area contributed by atoms with E-state index in [1.54, 1.807) is 0 Å². The zero-order chi connectivity index (χ0) is 68.3. The molecule has 16 aromatic carbocycles. The molecule has 0 fully saturated rings. The van der Waals surface area contributed by atoms with Crippen molar-refractivity contribution in [3.63, 3.8) is 0 Å². The third kappa shape index (κ3) is 7.54. The molecular weight excluding hydrogens is 1270 g/mol.